The molecule has 0 aliphatic heterocycles. The molecular formula is C81H132O9. The van der Waals surface area contributed by atoms with Crippen LogP contribution in [-0.4, -0.2) is 99.4 Å². The van der Waals surface area contributed by atoms with E-state index in [1.807, 2.05) is 27.7 Å². The van der Waals surface area contributed by atoms with Crippen LogP contribution in [0.5, 0.6) is 0 Å². The predicted octanol–water partition coefficient (Wildman–Crippen LogP) is 17.1. The molecule has 510 valence electrons. The van der Waals surface area contributed by atoms with E-state index in [9.17, 15) is 46.0 Å². The Labute approximate surface area is 548 Å². The first-order valence-corrected chi connectivity index (χ1v) is 36.6. The molecule has 0 spiro atoms. The summed E-state index contributed by atoms with van der Waals surface area (Å²) in [5, 5.41) is 91.0. The fourth-order valence-corrected chi connectivity index (χ4v) is 20.0. The van der Waals surface area contributed by atoms with Gasteiger partial charge in [0.15, 0.2) is 0 Å². The summed E-state index contributed by atoms with van der Waals surface area (Å²) in [7, 11) is 0. The van der Waals surface area contributed by atoms with Gasteiger partial charge in [0.1, 0.15) is 6.10 Å². The number of hydrogen-bond donors (Lipinski definition) is 9. The fourth-order valence-electron chi connectivity index (χ4n) is 20.0. The first-order chi connectivity index (χ1) is 42.1. The Kier molecular flexibility index (Phi) is 26.1. The minimum absolute atomic E-state index is 0.215. The quantitative estimate of drug-likeness (QED) is 0.0645. The summed E-state index contributed by atoms with van der Waals surface area (Å²) >= 11 is 0. The van der Waals surface area contributed by atoms with Gasteiger partial charge in [-0.25, -0.2) is 0 Å². The Bertz CT molecular complexity index is 2610. The van der Waals surface area contributed by atoms with Gasteiger partial charge in [-0.05, 0) is 299 Å². The summed E-state index contributed by atoms with van der Waals surface area (Å²) in [6, 6.07) is 0. The number of aliphatic hydroxyl groups excluding tert-OH is 6. The van der Waals surface area contributed by atoms with Gasteiger partial charge in [0.05, 0.1) is 47.3 Å². The lowest BCUT2D eigenvalue weighted by Gasteiger charge is -2.44. The van der Waals surface area contributed by atoms with Crippen LogP contribution in [0.4, 0.5) is 0 Å². The maximum absolute atomic E-state index is 10.4. The summed E-state index contributed by atoms with van der Waals surface area (Å²) in [4.78, 5) is 0. The second kappa shape index (κ2) is 31.5. The molecule has 9 aliphatic carbocycles. The number of fused-ring (bicyclic) bond motifs is 3. The molecule has 0 aromatic rings. The van der Waals surface area contributed by atoms with Crippen LogP contribution < -0.4 is 0 Å². The number of hydrogen-bond acceptors (Lipinski definition) is 9. The van der Waals surface area contributed by atoms with Gasteiger partial charge in [0.2, 0.25) is 0 Å². The summed E-state index contributed by atoms with van der Waals surface area (Å²) in [5.74, 6) is 6.06. The molecular weight excluding hydrogens is 1120 g/mol. The zero-order valence-corrected chi connectivity index (χ0v) is 59.0. The van der Waals surface area contributed by atoms with E-state index in [1.165, 1.54) is 119 Å². The van der Waals surface area contributed by atoms with E-state index in [1.54, 1.807) is 25.0 Å². The van der Waals surface area contributed by atoms with Crippen LogP contribution in [0.15, 0.2) is 106 Å². The summed E-state index contributed by atoms with van der Waals surface area (Å²) in [6.07, 6.45) is 41.6. The van der Waals surface area contributed by atoms with Crippen LogP contribution in [0, 0.1) is 69.5 Å². The van der Waals surface area contributed by atoms with Crippen LogP contribution >= 0.6 is 0 Å². The lowest BCUT2D eigenvalue weighted by molar-refractivity contribution is -0.0554. The van der Waals surface area contributed by atoms with Crippen LogP contribution in [0.1, 0.15) is 276 Å². The summed E-state index contributed by atoms with van der Waals surface area (Å²) < 4.78 is 0. The first kappa shape index (κ1) is 74.7. The maximum Gasteiger partial charge on any atom is 0.105 e. The molecule has 0 heterocycles. The Morgan fingerprint density at radius 2 is 0.900 bits per heavy atom. The highest BCUT2D eigenvalue weighted by Crippen LogP contribution is 2.63. The molecule has 0 aromatic heterocycles. The van der Waals surface area contributed by atoms with Crippen molar-refractivity contribution < 1.29 is 46.0 Å². The minimum Gasteiger partial charge on any atom is -0.393 e. The molecule has 0 bridgehead atoms. The number of allylic oxidation sites excluding steroid dienone is 10. The van der Waals surface area contributed by atoms with Gasteiger partial charge in [-0.3, -0.25) is 0 Å². The topological polar surface area (TPSA) is 182 Å². The van der Waals surface area contributed by atoms with Crippen LogP contribution in [-0.2, 0) is 0 Å². The van der Waals surface area contributed by atoms with Gasteiger partial charge in [0.25, 0.3) is 0 Å². The molecule has 0 unspecified atom stereocenters. The molecule has 9 rings (SSSR count). The number of rotatable bonds is 18. The van der Waals surface area contributed by atoms with Crippen molar-refractivity contribution in [2.24, 2.45) is 69.5 Å². The first-order valence-electron chi connectivity index (χ1n) is 36.6. The minimum atomic E-state index is -1.02. The highest BCUT2D eigenvalue weighted by molar-refractivity contribution is 5.41. The van der Waals surface area contributed by atoms with Crippen molar-refractivity contribution in [2.45, 2.75) is 329 Å². The Hall–Kier alpha value is -2.70. The van der Waals surface area contributed by atoms with Crippen LogP contribution in [0.2, 0.25) is 0 Å². The fraction of sp³-hybridized carbons (Fsp3) is 0.778. The van der Waals surface area contributed by atoms with Crippen LogP contribution in [0.3, 0.4) is 0 Å². The highest BCUT2D eigenvalue weighted by Gasteiger charge is 2.53. The Balaban J connectivity index is 0.000000192. The van der Waals surface area contributed by atoms with Gasteiger partial charge in [-0.15, -0.1) is 0 Å². The molecule has 18 atom stereocenters. The number of aliphatic hydroxyl groups is 9. The van der Waals surface area contributed by atoms with E-state index < -0.39 is 47.3 Å². The maximum atomic E-state index is 10.4. The van der Waals surface area contributed by atoms with Gasteiger partial charge in [-0.2, -0.15) is 0 Å². The van der Waals surface area contributed by atoms with E-state index in [4.69, 9.17) is 0 Å². The van der Waals surface area contributed by atoms with Crippen molar-refractivity contribution >= 4 is 0 Å². The third kappa shape index (κ3) is 18.9. The largest absolute Gasteiger partial charge is 0.393 e. The molecule has 9 nitrogen and oxygen atoms in total. The zero-order chi connectivity index (χ0) is 66.3. The van der Waals surface area contributed by atoms with Gasteiger partial charge in [0, 0.05) is 6.42 Å². The third-order valence-electron chi connectivity index (χ3n) is 25.5. The SMILES string of the molecule is C=C1/C(=C\C=C2/CCC[C@]3(C)[C@@H]([C@H](C)CCCC(C)(C)O)CC[C@@H]23)C[C@@H](O)C[C@@H]1O.C=C1CC[C@H](O)C/C1=C/C=C1\CCC[C@]2(C)[C@@H]([C@H](C)CC[C@@H](O)C(C)(C)O)CC[C@@H]12.C=C1CC[C@H](O)[C@H](O)/C1=C/C=C1\CCC[C@]2(C)[C@@H]([C@H](C)CCCC(C)(C)O)CC[C@@H]12. The van der Waals surface area contributed by atoms with Gasteiger partial charge in [-0.1, -0.05) is 146 Å². The molecule has 9 N–H and O–H groups in total. The van der Waals surface area contributed by atoms with Crippen molar-refractivity contribution in [1.82, 2.24) is 0 Å². The van der Waals surface area contributed by atoms with Gasteiger partial charge >= 0.3 is 0 Å². The second-order valence-electron chi connectivity index (χ2n) is 33.9. The van der Waals surface area contributed by atoms with Crippen molar-refractivity contribution in [2.75, 3.05) is 0 Å². The van der Waals surface area contributed by atoms with E-state index >= 15 is 0 Å². The lowest BCUT2D eigenvalue weighted by atomic mass is 9.60. The van der Waals surface area contributed by atoms with E-state index in [-0.39, 0.29) is 6.10 Å². The molecule has 0 radical (unpaired) electrons. The van der Waals surface area contributed by atoms with Crippen molar-refractivity contribution in [3.63, 3.8) is 0 Å². The smallest absolute Gasteiger partial charge is 0.105 e. The predicted molar refractivity (Wildman–Crippen MR) is 372 cm³/mol. The van der Waals surface area contributed by atoms with E-state index in [2.05, 4.69) is 97.7 Å². The molecule has 0 aromatic carbocycles. The van der Waals surface area contributed by atoms with E-state index in [0.717, 1.165) is 98.3 Å². The molecule has 9 fully saturated rings. The third-order valence-corrected chi connectivity index (χ3v) is 25.5. The average molecular weight is 1250 g/mol. The summed E-state index contributed by atoms with van der Waals surface area (Å²) in [5.41, 5.74) is 9.62. The van der Waals surface area contributed by atoms with Crippen LogP contribution in [0.25, 0.3) is 0 Å². The van der Waals surface area contributed by atoms with Crippen molar-refractivity contribution in [3.8, 4) is 0 Å². The standard InChI is InChI=1S/3C27H44O3/c1-18-10-15-24(28)25(29)21(18)12-11-20-9-7-17-27(5)22(13-14-23(20)27)19(2)8-6-16-26(3,4)30;1-18(8-6-14-26(3,4)30)23-12-13-24-20(9-7-15-27(23,24)5)10-11-21-16-22(28)17-25(29)19(21)2;1-18-8-12-22(28)17-21(18)11-10-20-7-6-16-27(5)23(13-14-24(20)27)19(2)9-15-25(29)26(3,4)30/h11-12,19,22-25,28-30H,1,6-10,13-17H2,2-5H3;10-11,18,22-25,28-30H,2,6-9,12-17H2,1,3-5H3;10-11,19,22-25,28-30H,1,6-9,12-17H2,2-5H3/b20-11+,21-12+;2*20-10+,21-11-/t19-,22-,23+,24+,25-,27-;18-,22-,23-,24+,25+,27-;19-,22+,23-,24+,25-,27-/m111/s1. The monoisotopic (exact) mass is 1250 g/mol. The molecule has 0 saturated heterocycles. The summed E-state index contributed by atoms with van der Waals surface area (Å²) in [6.45, 7) is 38.2. The molecule has 90 heavy (non-hydrogen) atoms. The molecule has 9 aliphatic rings. The molecule has 9 saturated carbocycles. The van der Waals surface area contributed by atoms with E-state index in [0.29, 0.717) is 83.4 Å². The highest BCUT2D eigenvalue weighted by atomic mass is 16.3. The molecule has 9 heteroatoms. The van der Waals surface area contributed by atoms with Crippen molar-refractivity contribution in [3.05, 3.63) is 106 Å². The lowest BCUT2D eigenvalue weighted by Crippen LogP contribution is -2.38. The second-order valence-corrected chi connectivity index (χ2v) is 33.9. The Morgan fingerprint density at radius 1 is 0.489 bits per heavy atom. The normalized spacial score (nSPS) is 38.4. The molecule has 0 amide bonds. The van der Waals surface area contributed by atoms with Gasteiger partial charge < -0.3 is 46.0 Å². The average Bonchev–Trinajstić information content (AvgIpc) is 1.62. The Morgan fingerprint density at radius 3 is 1.34 bits per heavy atom. The van der Waals surface area contributed by atoms with Crippen molar-refractivity contribution in [1.29, 1.82) is 0 Å². The zero-order valence-electron chi connectivity index (χ0n) is 59.0.